The van der Waals surface area contributed by atoms with Crippen molar-refractivity contribution in [2.75, 3.05) is 11.9 Å². The monoisotopic (exact) mass is 274 g/mol. The van der Waals surface area contributed by atoms with Crippen LogP contribution in [0.1, 0.15) is 11.1 Å². The molecular formula is C15H15FN2S. The Hall–Kier alpha value is -1.94. The van der Waals surface area contributed by atoms with Gasteiger partial charge in [0.1, 0.15) is 10.8 Å². The maximum absolute atomic E-state index is 12.9. The first-order chi connectivity index (χ1) is 9.06. The summed E-state index contributed by atoms with van der Waals surface area (Å²) in [6, 6.07) is 14.3. The summed E-state index contributed by atoms with van der Waals surface area (Å²) in [5.74, 6) is -0.224. The molecule has 0 radical (unpaired) electrons. The minimum Gasteiger partial charge on any atom is -0.389 e. The van der Waals surface area contributed by atoms with E-state index >= 15 is 0 Å². The van der Waals surface area contributed by atoms with Gasteiger partial charge in [-0.15, -0.1) is 0 Å². The Bertz CT molecular complexity index is 564. The summed E-state index contributed by atoms with van der Waals surface area (Å²) < 4.78 is 12.9. The molecule has 0 heterocycles. The second-order valence-electron chi connectivity index (χ2n) is 4.39. The van der Waals surface area contributed by atoms with Crippen molar-refractivity contribution in [1.29, 1.82) is 0 Å². The molecule has 2 N–H and O–H groups in total. The van der Waals surface area contributed by atoms with Crippen LogP contribution >= 0.6 is 12.2 Å². The molecule has 2 rings (SSSR count). The van der Waals surface area contributed by atoms with Crippen molar-refractivity contribution < 1.29 is 4.39 Å². The number of hydrogen-bond donors (Lipinski definition) is 1. The van der Waals surface area contributed by atoms with E-state index in [1.54, 1.807) is 12.1 Å². The molecule has 2 aromatic carbocycles. The summed E-state index contributed by atoms with van der Waals surface area (Å²) in [4.78, 5) is 2.45. The lowest BCUT2D eigenvalue weighted by atomic mass is 10.1. The van der Waals surface area contributed by atoms with E-state index in [1.165, 1.54) is 12.1 Å². The summed E-state index contributed by atoms with van der Waals surface area (Å²) in [5.41, 5.74) is 8.54. The Morgan fingerprint density at radius 3 is 2.21 bits per heavy atom. The molecule has 19 heavy (non-hydrogen) atoms. The van der Waals surface area contributed by atoms with Crippen molar-refractivity contribution in [1.82, 2.24) is 0 Å². The second-order valence-corrected chi connectivity index (χ2v) is 4.83. The van der Waals surface area contributed by atoms with Gasteiger partial charge in [-0.3, -0.25) is 0 Å². The number of nitrogens with two attached hydrogens (primary N) is 1. The van der Waals surface area contributed by atoms with Crippen LogP contribution in [-0.4, -0.2) is 12.0 Å². The summed E-state index contributed by atoms with van der Waals surface area (Å²) in [6.07, 6.45) is 0. The van der Waals surface area contributed by atoms with Crippen molar-refractivity contribution >= 4 is 22.9 Å². The average Bonchev–Trinajstić information content (AvgIpc) is 2.40. The van der Waals surface area contributed by atoms with Crippen LogP contribution in [0.3, 0.4) is 0 Å². The molecule has 98 valence electrons. The molecule has 0 amide bonds. The molecule has 0 aliphatic carbocycles. The number of rotatable bonds is 4. The molecule has 0 fully saturated rings. The van der Waals surface area contributed by atoms with Gasteiger partial charge in [0.15, 0.2) is 0 Å². The summed E-state index contributed by atoms with van der Waals surface area (Å²) in [5, 5.41) is 0. The number of benzene rings is 2. The van der Waals surface area contributed by atoms with E-state index in [2.05, 4.69) is 4.90 Å². The Kier molecular flexibility index (Phi) is 4.12. The van der Waals surface area contributed by atoms with Crippen molar-refractivity contribution in [3.63, 3.8) is 0 Å². The average molecular weight is 274 g/mol. The Labute approximate surface area is 117 Å². The second kappa shape index (κ2) is 5.80. The van der Waals surface area contributed by atoms with Gasteiger partial charge in [-0.25, -0.2) is 4.39 Å². The highest BCUT2D eigenvalue weighted by molar-refractivity contribution is 7.80. The van der Waals surface area contributed by atoms with E-state index in [4.69, 9.17) is 18.0 Å². The predicted octanol–water partition coefficient (Wildman–Crippen LogP) is 3.10. The van der Waals surface area contributed by atoms with E-state index < -0.39 is 0 Å². The van der Waals surface area contributed by atoms with Crippen molar-refractivity contribution in [2.24, 2.45) is 5.73 Å². The van der Waals surface area contributed by atoms with Crippen LogP contribution in [0.2, 0.25) is 0 Å². The third-order valence-electron chi connectivity index (χ3n) is 2.93. The fourth-order valence-corrected chi connectivity index (χ4v) is 1.97. The lowest BCUT2D eigenvalue weighted by Gasteiger charge is -2.19. The van der Waals surface area contributed by atoms with Crippen LogP contribution in [0.5, 0.6) is 0 Å². The van der Waals surface area contributed by atoms with E-state index in [1.807, 2.05) is 31.3 Å². The topological polar surface area (TPSA) is 29.3 Å². The number of hydrogen-bond acceptors (Lipinski definition) is 2. The molecule has 0 aliphatic heterocycles. The quantitative estimate of drug-likeness (QED) is 0.869. The maximum atomic E-state index is 12.9. The van der Waals surface area contributed by atoms with E-state index in [0.29, 0.717) is 4.99 Å². The molecule has 0 unspecified atom stereocenters. The van der Waals surface area contributed by atoms with Crippen molar-refractivity contribution in [3.8, 4) is 0 Å². The van der Waals surface area contributed by atoms with Crippen LogP contribution in [-0.2, 0) is 6.54 Å². The van der Waals surface area contributed by atoms with Crippen LogP contribution in [0.4, 0.5) is 10.1 Å². The van der Waals surface area contributed by atoms with Gasteiger partial charge in [-0.2, -0.15) is 0 Å². The molecule has 0 saturated heterocycles. The minimum absolute atomic E-state index is 0.224. The Morgan fingerprint density at radius 1 is 1.11 bits per heavy atom. The first-order valence-corrected chi connectivity index (χ1v) is 6.32. The van der Waals surface area contributed by atoms with Gasteiger partial charge in [0.05, 0.1) is 0 Å². The molecule has 0 spiro atoms. The zero-order valence-corrected chi connectivity index (χ0v) is 11.5. The number of thiocarbonyl (C=S) groups is 1. The highest BCUT2D eigenvalue weighted by Gasteiger charge is 2.03. The number of anilines is 1. The van der Waals surface area contributed by atoms with Gasteiger partial charge in [0.2, 0.25) is 0 Å². The van der Waals surface area contributed by atoms with Crippen molar-refractivity contribution in [3.05, 3.63) is 65.5 Å². The SMILES string of the molecule is CN(Cc1ccc(C(N)=S)cc1)c1ccc(F)cc1. The van der Waals surface area contributed by atoms with Crippen LogP contribution in [0, 0.1) is 5.82 Å². The highest BCUT2D eigenvalue weighted by atomic mass is 32.1. The normalized spacial score (nSPS) is 10.2. The smallest absolute Gasteiger partial charge is 0.123 e. The van der Waals surface area contributed by atoms with Crippen LogP contribution < -0.4 is 10.6 Å². The fourth-order valence-electron chi connectivity index (χ4n) is 1.84. The summed E-state index contributed by atoms with van der Waals surface area (Å²) >= 11 is 4.91. The molecule has 0 bridgehead atoms. The largest absolute Gasteiger partial charge is 0.389 e. The van der Waals surface area contributed by atoms with E-state index in [-0.39, 0.29) is 5.82 Å². The third kappa shape index (κ3) is 3.51. The lowest BCUT2D eigenvalue weighted by Crippen LogP contribution is -2.16. The first-order valence-electron chi connectivity index (χ1n) is 5.92. The van der Waals surface area contributed by atoms with Gasteiger partial charge in [0, 0.05) is 24.8 Å². The number of halogens is 1. The molecule has 2 nitrogen and oxygen atoms in total. The molecule has 0 aromatic heterocycles. The van der Waals surface area contributed by atoms with Crippen LogP contribution in [0.15, 0.2) is 48.5 Å². The zero-order chi connectivity index (χ0) is 13.8. The highest BCUT2D eigenvalue weighted by Crippen LogP contribution is 2.16. The molecule has 0 saturated carbocycles. The molecular weight excluding hydrogens is 259 g/mol. The molecule has 0 aliphatic rings. The van der Waals surface area contributed by atoms with Gasteiger partial charge in [-0.05, 0) is 29.8 Å². The molecule has 2 aromatic rings. The molecule has 4 heteroatoms. The van der Waals surface area contributed by atoms with Gasteiger partial charge in [-0.1, -0.05) is 36.5 Å². The minimum atomic E-state index is -0.224. The first kappa shape index (κ1) is 13.5. The van der Waals surface area contributed by atoms with Gasteiger partial charge >= 0.3 is 0 Å². The van der Waals surface area contributed by atoms with Gasteiger partial charge in [0.25, 0.3) is 0 Å². The van der Waals surface area contributed by atoms with E-state index in [9.17, 15) is 4.39 Å². The standard InChI is InChI=1S/C15H15FN2S/c1-18(14-8-6-13(16)7-9-14)10-11-2-4-12(5-3-11)15(17)19/h2-9H,10H2,1H3,(H2,17,19). The Balaban J connectivity index is 2.08. The van der Waals surface area contributed by atoms with Gasteiger partial charge < -0.3 is 10.6 Å². The maximum Gasteiger partial charge on any atom is 0.123 e. The van der Waals surface area contributed by atoms with E-state index in [0.717, 1.165) is 23.4 Å². The summed E-state index contributed by atoms with van der Waals surface area (Å²) in [7, 11) is 1.97. The Morgan fingerprint density at radius 2 is 1.68 bits per heavy atom. The molecule has 0 atom stereocenters. The van der Waals surface area contributed by atoms with Crippen molar-refractivity contribution in [2.45, 2.75) is 6.54 Å². The third-order valence-corrected chi connectivity index (χ3v) is 3.16. The predicted molar refractivity (Wildman–Crippen MR) is 80.8 cm³/mol. The fraction of sp³-hybridized carbons (Fsp3) is 0.133. The zero-order valence-electron chi connectivity index (χ0n) is 10.6. The number of nitrogens with zero attached hydrogens (tertiary/aromatic N) is 1. The lowest BCUT2D eigenvalue weighted by molar-refractivity contribution is 0.627. The summed E-state index contributed by atoms with van der Waals surface area (Å²) in [6.45, 7) is 0.739. The van der Waals surface area contributed by atoms with Crippen LogP contribution in [0.25, 0.3) is 0 Å².